The molecule has 0 atom stereocenters. The third-order valence-electron chi connectivity index (χ3n) is 4.13. The third kappa shape index (κ3) is 5.06. The van der Waals surface area contributed by atoms with Gasteiger partial charge >= 0.3 is 64.2 Å². The van der Waals surface area contributed by atoms with Gasteiger partial charge in [0.1, 0.15) is 0 Å². The molecule has 26 heavy (non-hydrogen) atoms. The van der Waals surface area contributed by atoms with Gasteiger partial charge in [-0.3, -0.25) is 0 Å². The van der Waals surface area contributed by atoms with Crippen molar-refractivity contribution in [2.24, 2.45) is 0 Å². The van der Waals surface area contributed by atoms with Crippen molar-refractivity contribution in [2.75, 3.05) is 0 Å². The number of nitrogens with zero attached hydrogens (tertiary/aromatic N) is 3. The first-order valence-corrected chi connectivity index (χ1v) is 23.0. The van der Waals surface area contributed by atoms with Gasteiger partial charge in [0.05, 0.1) is 0 Å². The minimum absolute atomic E-state index is 0.423. The maximum absolute atomic E-state index is 4.37. The molecular weight excluding hydrogens is 705 g/mol. The van der Waals surface area contributed by atoms with Crippen molar-refractivity contribution < 1.29 is 6.63 Å². The molecule has 0 spiro atoms. The van der Waals surface area contributed by atoms with Crippen LogP contribution in [0.1, 0.15) is 50.9 Å². The van der Waals surface area contributed by atoms with Crippen LogP contribution in [0.5, 0.6) is 0 Å². The van der Waals surface area contributed by atoms with E-state index in [1.807, 2.05) is 41.5 Å². The van der Waals surface area contributed by atoms with Crippen LogP contribution < -0.4 is 0 Å². The van der Waals surface area contributed by atoms with Gasteiger partial charge in [-0.05, 0) is 75.3 Å². The second kappa shape index (κ2) is 9.74. The summed E-state index contributed by atoms with van der Waals surface area (Å²) in [5.41, 5.74) is 9.46. The molecule has 3 heterocycles. The molecule has 3 aromatic rings. The topological polar surface area (TPSA) is 86.0 Å². The van der Waals surface area contributed by atoms with E-state index < -0.39 is 6.63 Å². The first-order chi connectivity index (χ1) is 12.1. The Hall–Kier alpha value is 0.404. The quantitative estimate of drug-likeness (QED) is 0.193. The summed E-state index contributed by atoms with van der Waals surface area (Å²) in [5.74, 6) is 1.14. The Kier molecular flexibility index (Phi) is 8.50. The van der Waals surface area contributed by atoms with E-state index in [1.165, 1.54) is 0 Å². The number of nitrogens with one attached hydrogen (secondary N) is 3. The second-order valence-electron chi connectivity index (χ2n) is 6.02. The van der Waals surface area contributed by atoms with Crippen molar-refractivity contribution >= 4 is 57.6 Å². The summed E-state index contributed by atoms with van der Waals surface area (Å²) in [7, 11) is 0. The molecule has 0 aromatic carbocycles. The summed E-state index contributed by atoms with van der Waals surface area (Å²) in [6, 6.07) is 0. The van der Waals surface area contributed by atoms with Crippen LogP contribution in [-0.4, -0.2) is 30.6 Å². The van der Waals surface area contributed by atoms with Gasteiger partial charge in [-0.2, -0.15) is 0 Å². The molecule has 0 radical (unpaired) electrons. The molecule has 0 fully saturated rings. The minimum atomic E-state index is -0.423. The van der Waals surface area contributed by atoms with E-state index in [9.17, 15) is 0 Å². The third-order valence-corrected chi connectivity index (χ3v) is 4.13. The molecule has 6 nitrogen and oxygen atoms in total. The zero-order valence-corrected chi connectivity index (χ0v) is 23.5. The predicted molar refractivity (Wildman–Crippen MR) is 127 cm³/mol. The number of aryl methyl sites for hydroxylation is 6. The van der Waals surface area contributed by atoms with Crippen LogP contribution in [0.15, 0.2) is 0 Å². The molecule has 3 N–H and O–H groups in total. The van der Waals surface area contributed by atoms with E-state index in [-0.39, 0.29) is 0 Å². The van der Waals surface area contributed by atoms with E-state index in [0.717, 1.165) is 56.8 Å². The Labute approximate surface area is 190 Å². The van der Waals surface area contributed by atoms with Crippen molar-refractivity contribution in [3.8, 4) is 0 Å². The van der Waals surface area contributed by atoms with Crippen LogP contribution in [0.4, 0.5) is 0 Å². The molecule has 0 unspecified atom stereocenters. The van der Waals surface area contributed by atoms with E-state index in [1.54, 1.807) is 0 Å². The average Bonchev–Trinajstić information content (AvgIpc) is 3.16. The Morgan fingerprint density at radius 3 is 1.00 bits per heavy atom. The molecule has 10 heteroatoms. The van der Waals surface area contributed by atoms with Crippen LogP contribution in [0.2, 0.25) is 0 Å². The fourth-order valence-corrected chi connectivity index (χ4v) is 3.13. The molecule has 0 bridgehead atoms. The molecule has 3 rings (SSSR count). The summed E-state index contributed by atoms with van der Waals surface area (Å²) >= 11 is 7.45. The number of H-pyrrole nitrogens is 3. The second-order valence-corrected chi connectivity index (χ2v) is 45.6. The van der Waals surface area contributed by atoms with E-state index in [2.05, 4.69) is 88.2 Å². The van der Waals surface area contributed by atoms with Crippen LogP contribution >= 0.6 is 57.6 Å². The zero-order chi connectivity index (χ0) is 19.6. The van der Waals surface area contributed by atoms with E-state index in [4.69, 9.17) is 0 Å². The number of hydrogen-bond donors (Lipinski definition) is 3. The molecule has 0 aliphatic rings. The van der Waals surface area contributed by atoms with Crippen molar-refractivity contribution in [1.29, 1.82) is 0 Å². The van der Waals surface area contributed by atoms with Gasteiger partial charge in [-0.1, -0.05) is 5.92 Å². The fourth-order valence-electron chi connectivity index (χ4n) is 3.13. The molecule has 0 saturated carbocycles. The number of aromatic amines is 3. The van der Waals surface area contributed by atoms with E-state index >= 15 is 0 Å². The normalized spacial score (nSPS) is 10.5. The number of aromatic nitrogens is 6. The van der Waals surface area contributed by atoms with Gasteiger partial charge in [0.2, 0.25) is 0 Å². The van der Waals surface area contributed by atoms with Crippen molar-refractivity contribution in [3.63, 3.8) is 0 Å². The van der Waals surface area contributed by atoms with Crippen molar-refractivity contribution in [3.05, 3.63) is 56.8 Å². The molecule has 140 valence electrons. The van der Waals surface area contributed by atoms with Gasteiger partial charge in [0, 0.05) is 17.1 Å². The number of rotatable bonds is 3. The van der Waals surface area contributed by atoms with Crippen LogP contribution in [0.3, 0.4) is 0 Å². The summed E-state index contributed by atoms with van der Waals surface area (Å²) in [6.07, 6.45) is 0. The summed E-state index contributed by atoms with van der Waals surface area (Å²) in [6.45, 7) is 11.8. The number of halogens is 3. The Morgan fingerprint density at radius 2 is 0.846 bits per heavy atom. The van der Waals surface area contributed by atoms with Gasteiger partial charge in [0.15, 0.2) is 0 Å². The average molecular weight is 726 g/mol. The molecule has 0 saturated heterocycles. The van der Waals surface area contributed by atoms with Crippen LogP contribution in [0.25, 0.3) is 0 Å². The van der Waals surface area contributed by atoms with Crippen LogP contribution in [-0.2, 0) is 6.63 Å². The Balaban J connectivity index is 0.000000552. The van der Waals surface area contributed by atoms with Gasteiger partial charge in [0.25, 0.3) is 0 Å². The van der Waals surface area contributed by atoms with Gasteiger partial charge in [-0.15, -0.1) is 0 Å². The molecule has 0 aliphatic heterocycles. The molecule has 0 aliphatic carbocycles. The molecule has 0 amide bonds. The summed E-state index contributed by atoms with van der Waals surface area (Å²) in [5, 5.41) is 22.4. The van der Waals surface area contributed by atoms with E-state index in [0.29, 0.717) is 0 Å². The zero-order valence-electron chi connectivity index (χ0n) is 15.5. The van der Waals surface area contributed by atoms with Crippen LogP contribution in [0, 0.1) is 47.5 Å². The summed E-state index contributed by atoms with van der Waals surface area (Å²) in [4.78, 5) is 0. The SMILES string of the molecule is Cc1n[nH]c(C)c1[C-](c1c(C)n[nH]c1C)c1c(C)n[nH]c1C.[I][Ti+]([I])[I]. The van der Waals surface area contributed by atoms with Gasteiger partial charge in [-0.25, -0.2) is 15.3 Å². The van der Waals surface area contributed by atoms with Gasteiger partial charge < -0.3 is 15.3 Å². The Morgan fingerprint density at radius 1 is 0.615 bits per heavy atom. The summed E-state index contributed by atoms with van der Waals surface area (Å²) < 4.78 is 0. The molecule has 3 aromatic heterocycles. The maximum atomic E-state index is 4.37. The van der Waals surface area contributed by atoms with Crippen molar-refractivity contribution in [1.82, 2.24) is 30.6 Å². The number of hydrogen-bond acceptors (Lipinski definition) is 3. The molecular formula is C16H21I3N6Ti. The standard InChI is InChI=1S/C16H21N6.3HI.Ti/c1-7-13(8(2)18-17-7)16(14-9(3)19-20-10(14)4)15-11(5)21-22-12(15)6;;;;/h1-6H3,(H,17,18)(H,19,20)(H,21,22);3*1H;/q-1;;;;+4/p-3. The predicted octanol–water partition coefficient (Wildman–Crippen LogP) is 5.38. The fraction of sp³-hybridized carbons (Fsp3) is 0.375. The first kappa shape index (κ1) is 22.7. The van der Waals surface area contributed by atoms with Crippen molar-refractivity contribution in [2.45, 2.75) is 41.5 Å². The first-order valence-electron chi connectivity index (χ1n) is 7.91. The monoisotopic (exact) mass is 726 g/mol. The Bertz CT molecular complexity index is 712.